The van der Waals surface area contributed by atoms with Crippen molar-refractivity contribution in [1.82, 2.24) is 4.90 Å². The minimum atomic E-state index is -0.341. The van der Waals surface area contributed by atoms with E-state index in [0.29, 0.717) is 18.0 Å². The number of esters is 1. The zero-order chi connectivity index (χ0) is 12.9. The second kappa shape index (κ2) is 6.40. The molecule has 0 aliphatic heterocycles. The molecule has 0 aromatic rings. The molecule has 4 heteroatoms. The summed E-state index contributed by atoms with van der Waals surface area (Å²) >= 11 is 0. The first-order chi connectivity index (χ1) is 7.32. The Hall–Kier alpha value is -1.19. The average Bonchev–Trinajstić information content (AvgIpc) is 2.15. The predicted molar refractivity (Wildman–Crippen MR) is 65.6 cm³/mol. The lowest BCUT2D eigenvalue weighted by Gasteiger charge is -2.33. The van der Waals surface area contributed by atoms with E-state index in [9.17, 15) is 4.79 Å². The van der Waals surface area contributed by atoms with Gasteiger partial charge in [0.1, 0.15) is 5.82 Å². The smallest absolute Gasteiger partial charge is 0.337 e. The van der Waals surface area contributed by atoms with Gasteiger partial charge in [-0.1, -0.05) is 0 Å². The van der Waals surface area contributed by atoms with Crippen LogP contribution in [0.4, 0.5) is 0 Å². The summed E-state index contributed by atoms with van der Waals surface area (Å²) in [4.78, 5) is 13.6. The van der Waals surface area contributed by atoms with Gasteiger partial charge in [-0.2, -0.15) is 0 Å². The molecule has 0 radical (unpaired) electrons. The van der Waals surface area contributed by atoms with Crippen molar-refractivity contribution in [2.45, 2.75) is 53.6 Å². The predicted octanol–water partition coefficient (Wildman–Crippen LogP) is 1.86. The molecule has 2 N–H and O–H groups in total. The first-order valence-corrected chi connectivity index (χ1v) is 5.74. The van der Waals surface area contributed by atoms with Gasteiger partial charge in [0.2, 0.25) is 0 Å². The van der Waals surface area contributed by atoms with Gasteiger partial charge in [-0.05, 0) is 41.5 Å². The van der Waals surface area contributed by atoms with E-state index in [4.69, 9.17) is 10.5 Å². The number of nitrogens with zero attached hydrogens (tertiary/aromatic N) is 1. The van der Waals surface area contributed by atoms with Gasteiger partial charge in [0.15, 0.2) is 0 Å². The van der Waals surface area contributed by atoms with Crippen LogP contribution in [0.5, 0.6) is 0 Å². The molecule has 94 valence electrons. The maximum absolute atomic E-state index is 11.5. The summed E-state index contributed by atoms with van der Waals surface area (Å²) in [6, 6.07) is 0.508. The summed E-state index contributed by atoms with van der Waals surface area (Å²) in [5.74, 6) is 0.162. The van der Waals surface area contributed by atoms with E-state index in [1.165, 1.54) is 0 Å². The van der Waals surface area contributed by atoms with Gasteiger partial charge in [-0.3, -0.25) is 0 Å². The number of ether oxygens (including phenoxy) is 1. The Morgan fingerprint density at radius 2 is 1.69 bits per heavy atom. The van der Waals surface area contributed by atoms with Crippen LogP contribution in [0, 0.1) is 0 Å². The number of hydrogen-bond acceptors (Lipinski definition) is 4. The molecule has 0 atom stereocenters. The summed E-state index contributed by atoms with van der Waals surface area (Å²) in [7, 11) is 0. The molecule has 0 aliphatic carbocycles. The molecule has 0 aliphatic rings. The van der Waals surface area contributed by atoms with Crippen LogP contribution in [0.25, 0.3) is 0 Å². The van der Waals surface area contributed by atoms with Crippen molar-refractivity contribution >= 4 is 5.97 Å². The van der Waals surface area contributed by atoms with Crippen molar-refractivity contribution in [1.29, 1.82) is 0 Å². The molecule has 0 saturated heterocycles. The van der Waals surface area contributed by atoms with Gasteiger partial charge < -0.3 is 15.4 Å². The molecular weight excluding hydrogens is 204 g/mol. The summed E-state index contributed by atoms with van der Waals surface area (Å²) < 4.78 is 4.93. The van der Waals surface area contributed by atoms with Gasteiger partial charge in [0.05, 0.1) is 12.2 Å². The number of rotatable bonds is 5. The average molecular weight is 228 g/mol. The summed E-state index contributed by atoms with van der Waals surface area (Å²) in [6.45, 7) is 12.0. The Balaban J connectivity index is 5.02. The van der Waals surface area contributed by atoms with Crippen LogP contribution in [0.3, 0.4) is 0 Å². The number of carbonyl (C=O) groups excluding carboxylic acids is 1. The molecule has 0 spiro atoms. The molecular formula is C12H24N2O2. The number of nitrogens with two attached hydrogens (primary N) is 1. The Kier molecular flexibility index (Phi) is 5.93. The van der Waals surface area contributed by atoms with E-state index in [-0.39, 0.29) is 18.1 Å². The van der Waals surface area contributed by atoms with E-state index in [2.05, 4.69) is 0 Å². The number of carbonyl (C=O) groups is 1. The van der Waals surface area contributed by atoms with Gasteiger partial charge in [0.25, 0.3) is 0 Å². The van der Waals surface area contributed by atoms with Gasteiger partial charge in [0, 0.05) is 12.1 Å². The van der Waals surface area contributed by atoms with E-state index in [1.807, 2.05) is 32.6 Å². The normalized spacial score (nSPS) is 12.8. The van der Waals surface area contributed by atoms with E-state index in [0.717, 1.165) is 0 Å². The number of hydrogen-bond donors (Lipinski definition) is 1. The molecule has 0 rings (SSSR count). The Morgan fingerprint density at radius 1 is 1.25 bits per heavy atom. The van der Waals surface area contributed by atoms with Crippen LogP contribution >= 0.6 is 0 Å². The quantitative estimate of drug-likeness (QED) is 0.576. The molecule has 0 amide bonds. The minimum Gasteiger partial charge on any atom is -0.463 e. The van der Waals surface area contributed by atoms with Crippen molar-refractivity contribution in [3.63, 3.8) is 0 Å². The maximum atomic E-state index is 11.5. The van der Waals surface area contributed by atoms with Crippen LogP contribution in [-0.4, -0.2) is 29.6 Å². The first-order valence-electron chi connectivity index (χ1n) is 5.74. The minimum absolute atomic E-state index is 0.254. The lowest BCUT2D eigenvalue weighted by molar-refractivity contribution is -0.138. The highest BCUT2D eigenvalue weighted by Crippen LogP contribution is 2.14. The van der Waals surface area contributed by atoms with E-state index < -0.39 is 0 Å². The Bertz CT molecular complexity index is 262. The maximum Gasteiger partial charge on any atom is 0.337 e. The van der Waals surface area contributed by atoms with Crippen LogP contribution in [0.15, 0.2) is 11.4 Å². The first kappa shape index (κ1) is 14.8. The highest BCUT2D eigenvalue weighted by Gasteiger charge is 2.19. The van der Waals surface area contributed by atoms with Gasteiger partial charge >= 0.3 is 5.97 Å². The molecule has 0 unspecified atom stereocenters. The largest absolute Gasteiger partial charge is 0.463 e. The Morgan fingerprint density at radius 3 is 2.00 bits per heavy atom. The van der Waals surface area contributed by atoms with Crippen molar-refractivity contribution < 1.29 is 9.53 Å². The van der Waals surface area contributed by atoms with Crippen molar-refractivity contribution in [3.8, 4) is 0 Å². The van der Waals surface area contributed by atoms with E-state index >= 15 is 0 Å². The topological polar surface area (TPSA) is 55.6 Å². The Labute approximate surface area is 98.4 Å². The van der Waals surface area contributed by atoms with Crippen LogP contribution < -0.4 is 5.73 Å². The molecule has 0 fully saturated rings. The van der Waals surface area contributed by atoms with E-state index in [1.54, 1.807) is 13.8 Å². The van der Waals surface area contributed by atoms with Crippen molar-refractivity contribution in [3.05, 3.63) is 11.4 Å². The molecule has 0 saturated carbocycles. The second-order valence-corrected chi connectivity index (χ2v) is 4.33. The van der Waals surface area contributed by atoms with Crippen LogP contribution in [0.1, 0.15) is 41.5 Å². The third-order valence-corrected chi connectivity index (χ3v) is 2.36. The zero-order valence-corrected chi connectivity index (χ0v) is 11.2. The fourth-order valence-corrected chi connectivity index (χ4v) is 1.69. The van der Waals surface area contributed by atoms with Gasteiger partial charge in [-0.15, -0.1) is 0 Å². The lowest BCUT2D eigenvalue weighted by Crippen LogP contribution is -2.40. The molecule has 0 heterocycles. The standard InChI is InChI=1S/C12H24N2O2/c1-7-16-12(15)10(6)11(13)14(8(2)3)9(4)5/h8-9H,7,13H2,1-6H3. The molecule has 0 aromatic carbocycles. The fourth-order valence-electron chi connectivity index (χ4n) is 1.69. The fraction of sp³-hybridized carbons (Fsp3) is 0.750. The second-order valence-electron chi connectivity index (χ2n) is 4.33. The zero-order valence-electron chi connectivity index (χ0n) is 11.2. The van der Waals surface area contributed by atoms with Gasteiger partial charge in [-0.25, -0.2) is 4.79 Å². The lowest BCUT2D eigenvalue weighted by atomic mass is 10.2. The third kappa shape index (κ3) is 3.76. The van der Waals surface area contributed by atoms with Crippen molar-refractivity contribution in [2.75, 3.05) is 6.61 Å². The monoisotopic (exact) mass is 228 g/mol. The highest BCUT2D eigenvalue weighted by atomic mass is 16.5. The molecule has 0 aromatic heterocycles. The SMILES string of the molecule is CCOC(=O)C(C)=C(N)N(C(C)C)C(C)C. The summed E-state index contributed by atoms with van der Waals surface area (Å²) in [6.07, 6.45) is 0. The molecule has 16 heavy (non-hydrogen) atoms. The molecule has 0 bridgehead atoms. The van der Waals surface area contributed by atoms with Crippen LogP contribution in [-0.2, 0) is 9.53 Å². The molecule has 4 nitrogen and oxygen atoms in total. The summed E-state index contributed by atoms with van der Waals surface area (Å²) in [5.41, 5.74) is 6.48. The third-order valence-electron chi connectivity index (χ3n) is 2.36. The highest BCUT2D eigenvalue weighted by molar-refractivity contribution is 5.88. The van der Waals surface area contributed by atoms with Crippen LogP contribution in [0.2, 0.25) is 0 Å². The van der Waals surface area contributed by atoms with Crippen molar-refractivity contribution in [2.24, 2.45) is 5.73 Å². The summed E-state index contributed by atoms with van der Waals surface area (Å²) in [5, 5.41) is 0.